The minimum atomic E-state index is 0.655. The van der Waals surface area contributed by atoms with E-state index in [1.165, 1.54) is 51.7 Å². The van der Waals surface area contributed by atoms with E-state index >= 15 is 0 Å². The highest BCUT2D eigenvalue weighted by Gasteiger charge is 2.28. The molecule has 1 heterocycles. The first-order valence-corrected chi connectivity index (χ1v) is 8.77. The van der Waals surface area contributed by atoms with Crippen LogP contribution in [0.15, 0.2) is 24.3 Å². The summed E-state index contributed by atoms with van der Waals surface area (Å²) in [7, 11) is 0. The highest BCUT2D eigenvalue weighted by atomic mass is 15.2. The van der Waals surface area contributed by atoms with Crippen molar-refractivity contribution in [3.63, 3.8) is 0 Å². The van der Waals surface area contributed by atoms with E-state index in [9.17, 15) is 0 Å². The van der Waals surface area contributed by atoms with Gasteiger partial charge in [0.05, 0.1) is 0 Å². The van der Waals surface area contributed by atoms with Crippen molar-refractivity contribution in [3.8, 4) is 0 Å². The van der Waals surface area contributed by atoms with E-state index in [-0.39, 0.29) is 0 Å². The molecule has 0 aromatic heterocycles. The van der Waals surface area contributed by atoms with E-state index in [0.29, 0.717) is 6.04 Å². The van der Waals surface area contributed by atoms with Gasteiger partial charge >= 0.3 is 0 Å². The van der Waals surface area contributed by atoms with Gasteiger partial charge in [0.15, 0.2) is 0 Å². The van der Waals surface area contributed by atoms with Crippen molar-refractivity contribution >= 4 is 0 Å². The Balaban J connectivity index is 1.67. The molecule has 1 aromatic carbocycles. The summed E-state index contributed by atoms with van der Waals surface area (Å²) in [6.45, 7) is 8.45. The second-order valence-corrected chi connectivity index (χ2v) is 7.17. The van der Waals surface area contributed by atoms with Crippen LogP contribution in [0.3, 0.4) is 0 Å². The molecule has 1 N–H and O–H groups in total. The number of fused-ring (bicyclic) bond motifs is 1. The molecule has 21 heavy (non-hydrogen) atoms. The molecule has 0 bridgehead atoms. The Kier molecular flexibility index (Phi) is 4.97. The van der Waals surface area contributed by atoms with Crippen molar-refractivity contribution in [2.45, 2.75) is 58.0 Å². The van der Waals surface area contributed by atoms with Crippen LogP contribution in [0, 0.1) is 5.92 Å². The minimum Gasteiger partial charge on any atom is -0.316 e. The van der Waals surface area contributed by atoms with Gasteiger partial charge in [-0.3, -0.25) is 4.90 Å². The molecule has 2 nitrogen and oxygen atoms in total. The fourth-order valence-electron chi connectivity index (χ4n) is 4.12. The molecule has 3 rings (SSSR count). The van der Waals surface area contributed by atoms with Gasteiger partial charge in [-0.15, -0.1) is 0 Å². The molecular weight excluding hydrogens is 256 g/mol. The number of nitrogens with zero attached hydrogens (tertiary/aromatic N) is 1. The highest BCUT2D eigenvalue weighted by molar-refractivity contribution is 5.30. The average molecular weight is 286 g/mol. The number of benzene rings is 1. The quantitative estimate of drug-likeness (QED) is 0.914. The Labute approximate surface area is 129 Å². The second kappa shape index (κ2) is 6.93. The standard InChI is InChI=1S/C19H30N2/c1-15(2)21(14-16-6-5-11-20-13-16)19-10-9-17-7-3-4-8-18(17)12-19/h3-4,7-8,15-16,19-20H,5-6,9-14H2,1-2H3. The van der Waals surface area contributed by atoms with Crippen LogP contribution in [0.25, 0.3) is 0 Å². The van der Waals surface area contributed by atoms with Crippen LogP contribution in [0.5, 0.6) is 0 Å². The molecule has 0 spiro atoms. The van der Waals surface area contributed by atoms with E-state index in [1.807, 2.05) is 0 Å². The van der Waals surface area contributed by atoms with Crippen LogP contribution in [0.4, 0.5) is 0 Å². The molecule has 1 fully saturated rings. The normalized spacial score (nSPS) is 26.1. The summed E-state index contributed by atoms with van der Waals surface area (Å²) in [6.07, 6.45) is 6.58. The largest absolute Gasteiger partial charge is 0.316 e. The van der Waals surface area contributed by atoms with E-state index in [1.54, 1.807) is 11.1 Å². The number of hydrogen-bond acceptors (Lipinski definition) is 2. The van der Waals surface area contributed by atoms with Gasteiger partial charge in [0.1, 0.15) is 0 Å². The summed E-state index contributed by atoms with van der Waals surface area (Å²) < 4.78 is 0. The summed E-state index contributed by atoms with van der Waals surface area (Å²) in [5, 5.41) is 3.57. The molecule has 0 saturated carbocycles. The molecule has 1 saturated heterocycles. The summed E-state index contributed by atoms with van der Waals surface area (Å²) >= 11 is 0. The van der Waals surface area contributed by atoms with Crippen LogP contribution < -0.4 is 5.32 Å². The Morgan fingerprint density at radius 1 is 1.19 bits per heavy atom. The SMILES string of the molecule is CC(C)N(CC1CCCNC1)C1CCc2ccccc2C1. The van der Waals surface area contributed by atoms with Crippen LogP contribution >= 0.6 is 0 Å². The maximum absolute atomic E-state index is 3.57. The number of rotatable bonds is 4. The van der Waals surface area contributed by atoms with Crippen molar-refractivity contribution in [1.29, 1.82) is 0 Å². The number of nitrogens with one attached hydrogen (secondary N) is 1. The van der Waals surface area contributed by atoms with E-state index in [4.69, 9.17) is 0 Å². The Bertz CT molecular complexity index is 449. The molecule has 0 radical (unpaired) electrons. The molecule has 2 heteroatoms. The van der Waals surface area contributed by atoms with Crippen molar-refractivity contribution in [2.24, 2.45) is 5.92 Å². The fourth-order valence-corrected chi connectivity index (χ4v) is 4.12. The zero-order valence-electron chi connectivity index (χ0n) is 13.6. The first-order chi connectivity index (χ1) is 10.2. The predicted octanol–water partition coefficient (Wildman–Crippen LogP) is 3.25. The zero-order chi connectivity index (χ0) is 14.7. The molecule has 1 aliphatic heterocycles. The van der Waals surface area contributed by atoms with Crippen molar-refractivity contribution < 1.29 is 0 Å². The number of piperidine rings is 1. The van der Waals surface area contributed by atoms with Crippen LogP contribution in [0.1, 0.15) is 44.2 Å². The Morgan fingerprint density at radius 2 is 2.00 bits per heavy atom. The van der Waals surface area contributed by atoms with E-state index in [2.05, 4.69) is 48.3 Å². The Morgan fingerprint density at radius 3 is 2.71 bits per heavy atom. The van der Waals surface area contributed by atoms with Gasteiger partial charge in [-0.05, 0) is 76.1 Å². The molecule has 116 valence electrons. The molecule has 2 atom stereocenters. The van der Waals surface area contributed by atoms with Gasteiger partial charge in [-0.1, -0.05) is 24.3 Å². The maximum atomic E-state index is 3.57. The number of hydrogen-bond donors (Lipinski definition) is 1. The zero-order valence-corrected chi connectivity index (χ0v) is 13.6. The summed E-state index contributed by atoms with van der Waals surface area (Å²) in [5.41, 5.74) is 3.16. The molecule has 0 amide bonds. The molecule has 2 aliphatic rings. The van der Waals surface area contributed by atoms with Gasteiger partial charge < -0.3 is 5.32 Å². The predicted molar refractivity (Wildman–Crippen MR) is 89.7 cm³/mol. The van der Waals surface area contributed by atoms with Gasteiger partial charge in [0.25, 0.3) is 0 Å². The lowest BCUT2D eigenvalue weighted by atomic mass is 9.86. The van der Waals surface area contributed by atoms with E-state index in [0.717, 1.165) is 12.0 Å². The third-order valence-corrected chi connectivity index (χ3v) is 5.32. The smallest absolute Gasteiger partial charge is 0.0142 e. The highest BCUT2D eigenvalue weighted by Crippen LogP contribution is 2.27. The van der Waals surface area contributed by atoms with Crippen molar-refractivity contribution in [2.75, 3.05) is 19.6 Å². The molecular formula is C19H30N2. The summed E-state index contributed by atoms with van der Waals surface area (Å²) in [4.78, 5) is 2.79. The fraction of sp³-hybridized carbons (Fsp3) is 0.684. The lowest BCUT2D eigenvalue weighted by Gasteiger charge is -2.40. The third kappa shape index (κ3) is 3.67. The van der Waals surface area contributed by atoms with Gasteiger partial charge in [0.2, 0.25) is 0 Å². The monoisotopic (exact) mass is 286 g/mol. The lowest BCUT2D eigenvalue weighted by molar-refractivity contribution is 0.108. The Hall–Kier alpha value is -0.860. The lowest BCUT2D eigenvalue weighted by Crippen LogP contribution is -2.48. The number of aryl methyl sites for hydroxylation is 1. The summed E-state index contributed by atoms with van der Waals surface area (Å²) in [5.74, 6) is 0.846. The van der Waals surface area contributed by atoms with Crippen LogP contribution in [0.2, 0.25) is 0 Å². The molecule has 1 aliphatic carbocycles. The topological polar surface area (TPSA) is 15.3 Å². The minimum absolute atomic E-state index is 0.655. The van der Waals surface area contributed by atoms with Gasteiger partial charge in [-0.25, -0.2) is 0 Å². The molecule has 1 aromatic rings. The van der Waals surface area contributed by atoms with Gasteiger partial charge in [-0.2, -0.15) is 0 Å². The summed E-state index contributed by atoms with van der Waals surface area (Å²) in [6, 6.07) is 10.4. The van der Waals surface area contributed by atoms with Crippen LogP contribution in [-0.4, -0.2) is 36.6 Å². The first kappa shape index (κ1) is 15.1. The van der Waals surface area contributed by atoms with E-state index < -0.39 is 0 Å². The first-order valence-electron chi connectivity index (χ1n) is 8.77. The maximum Gasteiger partial charge on any atom is 0.0142 e. The van der Waals surface area contributed by atoms with Crippen molar-refractivity contribution in [3.05, 3.63) is 35.4 Å². The second-order valence-electron chi connectivity index (χ2n) is 7.17. The van der Waals surface area contributed by atoms with Crippen molar-refractivity contribution in [1.82, 2.24) is 10.2 Å². The molecule has 2 unspecified atom stereocenters. The van der Waals surface area contributed by atoms with Gasteiger partial charge in [0, 0.05) is 18.6 Å². The average Bonchev–Trinajstić information content (AvgIpc) is 2.53. The third-order valence-electron chi connectivity index (χ3n) is 5.32. The van der Waals surface area contributed by atoms with Crippen LogP contribution in [-0.2, 0) is 12.8 Å².